The van der Waals surface area contributed by atoms with Crippen LogP contribution in [0.3, 0.4) is 0 Å². The maximum atomic E-state index is 14.0. The Hall–Kier alpha value is -3.83. The van der Waals surface area contributed by atoms with Gasteiger partial charge in [0.15, 0.2) is 6.10 Å². The first-order chi connectivity index (χ1) is 22.3. The maximum Gasteiger partial charge on any atom is 0.410 e. The van der Waals surface area contributed by atoms with Crippen LogP contribution in [0, 0.1) is 13.8 Å². The number of nitrogens with one attached hydrogen (secondary N) is 2. The van der Waals surface area contributed by atoms with Crippen molar-refractivity contribution < 1.29 is 25.7 Å². The molecule has 0 spiro atoms. The summed E-state index contributed by atoms with van der Waals surface area (Å²) in [5.74, 6) is 0.0693. The quantitative estimate of drug-likeness (QED) is 0.443. The van der Waals surface area contributed by atoms with Crippen molar-refractivity contribution >= 4 is 23.7 Å². The second kappa shape index (κ2) is 14.3. The number of aromatic hydroxyl groups is 1. The number of phenols is 1. The number of likely N-dealkylation sites (tertiary alicyclic amines) is 1. The number of piperazine rings is 1. The predicted octanol–water partition coefficient (Wildman–Crippen LogP) is 3.75. The van der Waals surface area contributed by atoms with E-state index in [9.17, 15) is 19.5 Å². The number of fused-ring (bicyclic) bond motifs is 1. The first kappa shape index (κ1) is 32.1. The van der Waals surface area contributed by atoms with Crippen molar-refractivity contribution in [3.05, 3.63) is 58.7 Å². The van der Waals surface area contributed by atoms with Crippen molar-refractivity contribution in [2.75, 3.05) is 64.2 Å². The summed E-state index contributed by atoms with van der Waals surface area (Å²) in [6.45, 7) is 10.1. The van der Waals surface area contributed by atoms with E-state index in [2.05, 4.69) is 15.5 Å². The van der Waals surface area contributed by atoms with Crippen LogP contribution in [0.15, 0.2) is 36.4 Å². The number of aryl methyl sites for hydroxylation is 2. The zero-order chi connectivity index (χ0) is 32.2. The van der Waals surface area contributed by atoms with Gasteiger partial charge in [0.05, 0.1) is 0 Å². The number of amides is 4. The van der Waals surface area contributed by atoms with Gasteiger partial charge in [0.2, 0.25) is 0 Å². The summed E-state index contributed by atoms with van der Waals surface area (Å²) in [4.78, 5) is 48.5. The molecule has 11 nitrogen and oxygen atoms in total. The molecule has 0 saturated carbocycles. The molecule has 0 radical (unpaired) electrons. The van der Waals surface area contributed by atoms with Gasteiger partial charge in [-0.15, -0.1) is 0 Å². The normalized spacial score (nSPS) is 20.9. The first-order valence-electron chi connectivity index (χ1n) is 16.9. The van der Waals surface area contributed by atoms with Crippen LogP contribution in [0.2, 0.25) is 0 Å². The molecule has 1 atom stereocenters. The molecule has 0 bridgehead atoms. The van der Waals surface area contributed by atoms with E-state index < -0.39 is 12.2 Å². The molecule has 0 aliphatic carbocycles. The summed E-state index contributed by atoms with van der Waals surface area (Å²) in [6, 6.07) is 12.1. The molecule has 0 aromatic heterocycles. The van der Waals surface area contributed by atoms with Crippen molar-refractivity contribution in [1.29, 1.82) is 0 Å². The molecule has 4 aliphatic rings. The highest BCUT2D eigenvalue weighted by molar-refractivity contribution is 5.91. The third-order valence-corrected chi connectivity index (χ3v) is 10.2. The molecular weight excluding hydrogens is 584 g/mol. The second-order valence-corrected chi connectivity index (χ2v) is 13.2. The van der Waals surface area contributed by atoms with Gasteiger partial charge in [-0.2, -0.15) is 0 Å². The lowest BCUT2D eigenvalue weighted by atomic mass is 10.00. The van der Waals surface area contributed by atoms with Gasteiger partial charge < -0.3 is 35.2 Å². The number of benzene rings is 2. The number of hydrogen-bond acceptors (Lipinski definition) is 7. The Kier molecular flexibility index (Phi) is 9.98. The smallest absolute Gasteiger partial charge is 0.410 e. The fourth-order valence-corrected chi connectivity index (χ4v) is 7.53. The number of carbonyl (C=O) groups excluding carboxylic acids is 3. The van der Waals surface area contributed by atoms with E-state index in [-0.39, 0.29) is 31.6 Å². The maximum absolute atomic E-state index is 14.0. The molecule has 3 saturated heterocycles. The molecule has 6 rings (SSSR count). The van der Waals surface area contributed by atoms with Crippen LogP contribution >= 0.6 is 0 Å². The SMILES string of the molecule is Cc1cc(C[C@@H](OC(=O)N2CCC(N3CCc4ccccc4NC3=O)CC2)C(=O)N2CCN(C3CCNCC3)CC2)cc(C)c1O.[HH]. The highest BCUT2D eigenvalue weighted by Crippen LogP contribution is 2.27. The molecule has 4 amide bonds. The number of urea groups is 1. The van der Waals surface area contributed by atoms with Crippen LogP contribution in [0.5, 0.6) is 5.75 Å². The van der Waals surface area contributed by atoms with E-state index in [1.807, 2.05) is 60.0 Å². The van der Waals surface area contributed by atoms with E-state index in [1.165, 1.54) is 0 Å². The molecule has 2 aromatic carbocycles. The van der Waals surface area contributed by atoms with Gasteiger partial charge in [-0.1, -0.05) is 30.3 Å². The number of anilines is 1. The van der Waals surface area contributed by atoms with Gasteiger partial charge >= 0.3 is 12.1 Å². The first-order valence-corrected chi connectivity index (χ1v) is 16.9. The largest absolute Gasteiger partial charge is 0.507 e. The van der Waals surface area contributed by atoms with E-state index >= 15 is 0 Å². The lowest BCUT2D eigenvalue weighted by molar-refractivity contribution is -0.143. The van der Waals surface area contributed by atoms with Gasteiger partial charge in [0.1, 0.15) is 5.75 Å². The standard InChI is InChI=1S/C35H48N6O5.H2/c1-24-21-26(22-25(2)32(24)42)23-31(33(43)39-19-17-38(18-20-39)28-7-12-36-13-8-28)46-35(45)40-14-10-29(11-15-40)41-16-9-27-5-3-4-6-30(27)37-34(41)44;/h3-6,21-22,28-29,31,36,42H,7-20,23H2,1-2H3,(H,37,44);1H/t31-;/m1./s1. The molecule has 11 heteroatoms. The van der Waals surface area contributed by atoms with Crippen molar-refractivity contribution in [2.24, 2.45) is 0 Å². The van der Waals surface area contributed by atoms with Crippen molar-refractivity contribution in [1.82, 2.24) is 24.9 Å². The molecule has 3 fully saturated rings. The molecular formula is C35H50N6O5. The van der Waals surface area contributed by atoms with Crippen LogP contribution in [-0.4, -0.2) is 120 Å². The fourth-order valence-electron chi connectivity index (χ4n) is 7.53. The third-order valence-electron chi connectivity index (χ3n) is 10.2. The minimum Gasteiger partial charge on any atom is -0.507 e. The lowest BCUT2D eigenvalue weighted by Crippen LogP contribution is -2.56. The summed E-state index contributed by atoms with van der Waals surface area (Å²) in [5.41, 5.74) is 4.29. The number of ether oxygens (including phenoxy) is 1. The van der Waals surface area contributed by atoms with Crippen LogP contribution < -0.4 is 10.6 Å². The number of hydrogen-bond donors (Lipinski definition) is 3. The Morgan fingerprint density at radius 3 is 2.28 bits per heavy atom. The van der Waals surface area contributed by atoms with Crippen LogP contribution in [-0.2, 0) is 22.4 Å². The highest BCUT2D eigenvalue weighted by Gasteiger charge is 2.36. The number of piperidine rings is 2. The van der Waals surface area contributed by atoms with E-state index in [4.69, 9.17) is 4.74 Å². The highest BCUT2D eigenvalue weighted by atomic mass is 16.6. The molecule has 4 aliphatic heterocycles. The van der Waals surface area contributed by atoms with Crippen LogP contribution in [0.4, 0.5) is 15.3 Å². The fraction of sp³-hybridized carbons (Fsp3) is 0.571. The summed E-state index contributed by atoms with van der Waals surface area (Å²) >= 11 is 0. The van der Waals surface area contributed by atoms with E-state index in [1.54, 1.807) is 4.90 Å². The Morgan fingerprint density at radius 2 is 1.59 bits per heavy atom. The Labute approximate surface area is 273 Å². The lowest BCUT2D eigenvalue weighted by Gasteiger charge is -2.41. The van der Waals surface area contributed by atoms with Crippen molar-refractivity contribution in [3.8, 4) is 5.75 Å². The second-order valence-electron chi connectivity index (χ2n) is 13.2. The van der Waals surface area contributed by atoms with Gasteiger partial charge in [0, 0.05) is 71.4 Å². The number of para-hydroxylation sites is 1. The van der Waals surface area contributed by atoms with Gasteiger partial charge in [-0.25, -0.2) is 9.59 Å². The number of nitrogens with zero attached hydrogens (tertiary/aromatic N) is 4. The zero-order valence-electron chi connectivity index (χ0n) is 27.2. The molecule has 4 heterocycles. The third kappa shape index (κ3) is 7.25. The minimum atomic E-state index is -0.964. The Balaban J connectivity index is 0.00000433. The number of carbonyl (C=O) groups is 3. The number of rotatable bonds is 6. The predicted molar refractivity (Wildman–Crippen MR) is 178 cm³/mol. The number of phenolic OH excluding ortho intramolecular Hbond substituents is 1. The molecule has 0 unspecified atom stereocenters. The minimum absolute atomic E-state index is 0. The molecule has 250 valence electrons. The van der Waals surface area contributed by atoms with Crippen LogP contribution in [0.25, 0.3) is 0 Å². The van der Waals surface area contributed by atoms with Crippen LogP contribution in [0.1, 0.15) is 49.4 Å². The van der Waals surface area contributed by atoms with Gasteiger partial charge in [0.25, 0.3) is 5.91 Å². The Bertz CT molecular complexity index is 1400. The van der Waals surface area contributed by atoms with Crippen molar-refractivity contribution in [3.63, 3.8) is 0 Å². The van der Waals surface area contributed by atoms with Gasteiger partial charge in [-0.3, -0.25) is 9.69 Å². The molecule has 2 aromatic rings. The van der Waals surface area contributed by atoms with E-state index in [0.29, 0.717) is 51.6 Å². The summed E-state index contributed by atoms with van der Waals surface area (Å²) in [5, 5.41) is 16.8. The summed E-state index contributed by atoms with van der Waals surface area (Å²) in [6.07, 6.45) is 3.11. The zero-order valence-corrected chi connectivity index (χ0v) is 27.2. The molecule has 3 N–H and O–H groups in total. The van der Waals surface area contributed by atoms with Gasteiger partial charge in [-0.05, 0) is 87.4 Å². The van der Waals surface area contributed by atoms with Crippen molar-refractivity contribution in [2.45, 2.75) is 70.6 Å². The average molecular weight is 635 g/mol. The topological polar surface area (TPSA) is 118 Å². The monoisotopic (exact) mass is 634 g/mol. The van der Waals surface area contributed by atoms with E-state index in [0.717, 1.165) is 73.4 Å². The summed E-state index contributed by atoms with van der Waals surface area (Å²) < 4.78 is 6.04. The average Bonchev–Trinajstić information content (AvgIpc) is 3.25. The summed E-state index contributed by atoms with van der Waals surface area (Å²) in [7, 11) is 0. The Morgan fingerprint density at radius 1 is 0.913 bits per heavy atom. The molecule has 46 heavy (non-hydrogen) atoms.